The largest absolute Gasteiger partial charge is 0.489 e. The van der Waals surface area contributed by atoms with Crippen molar-refractivity contribution in [3.63, 3.8) is 0 Å². The Morgan fingerprint density at radius 3 is 2.29 bits per heavy atom. The average Bonchev–Trinajstić information content (AvgIpc) is 3.31. The first-order chi connectivity index (χ1) is 17.2. The minimum atomic E-state index is -0.154. The Kier molecular flexibility index (Phi) is 9.29. The van der Waals surface area contributed by atoms with Crippen LogP contribution in [0.3, 0.4) is 0 Å². The van der Waals surface area contributed by atoms with E-state index in [0.29, 0.717) is 19.8 Å². The van der Waals surface area contributed by atoms with Crippen molar-refractivity contribution in [1.82, 2.24) is 15.5 Å². The lowest BCUT2D eigenvalue weighted by Gasteiger charge is -2.23. The molecule has 0 aromatic heterocycles. The predicted molar refractivity (Wildman–Crippen MR) is 138 cm³/mol. The standard InChI is InChI=1S/C29H35N3O3/c1-34-17-16-30-29(33)28-18-26(21-32(28)20-24-8-4-2-5-9-24)31-19-23-12-14-27(15-13-23)35-22-25-10-6-3-7-11-25/h2-15,26,28,31H,16-22H2,1H3,(H,30,33)/t26-,28+/m1/s1. The molecule has 0 unspecified atom stereocenters. The van der Waals surface area contributed by atoms with Gasteiger partial charge in [0.2, 0.25) is 5.91 Å². The van der Waals surface area contributed by atoms with Gasteiger partial charge in [-0.2, -0.15) is 0 Å². The van der Waals surface area contributed by atoms with Crippen LogP contribution in [0.15, 0.2) is 84.9 Å². The van der Waals surface area contributed by atoms with Crippen LogP contribution in [0.2, 0.25) is 0 Å². The molecule has 4 rings (SSSR count). The molecule has 0 bridgehead atoms. The monoisotopic (exact) mass is 473 g/mol. The third-order valence-electron chi connectivity index (χ3n) is 6.31. The summed E-state index contributed by atoms with van der Waals surface area (Å²) in [4.78, 5) is 15.2. The SMILES string of the molecule is COCCNC(=O)[C@@H]1C[C@@H](NCc2ccc(OCc3ccccc3)cc2)CN1Cc1ccccc1. The first-order valence-corrected chi connectivity index (χ1v) is 12.2. The zero-order chi connectivity index (χ0) is 24.3. The van der Waals surface area contributed by atoms with E-state index in [1.165, 1.54) is 11.1 Å². The van der Waals surface area contributed by atoms with E-state index in [-0.39, 0.29) is 18.0 Å². The van der Waals surface area contributed by atoms with Gasteiger partial charge in [-0.05, 0) is 35.2 Å². The Labute approximate surface area is 208 Å². The summed E-state index contributed by atoms with van der Waals surface area (Å²) in [5, 5.41) is 6.67. The quantitative estimate of drug-likeness (QED) is 0.392. The van der Waals surface area contributed by atoms with Gasteiger partial charge in [-0.3, -0.25) is 9.69 Å². The summed E-state index contributed by atoms with van der Waals surface area (Å²) in [5.41, 5.74) is 3.56. The first-order valence-electron chi connectivity index (χ1n) is 12.2. The number of amides is 1. The van der Waals surface area contributed by atoms with Crippen molar-refractivity contribution in [2.75, 3.05) is 26.8 Å². The molecule has 1 aliphatic rings. The maximum Gasteiger partial charge on any atom is 0.237 e. The van der Waals surface area contributed by atoms with Gasteiger partial charge in [-0.15, -0.1) is 0 Å². The summed E-state index contributed by atoms with van der Waals surface area (Å²) in [6.07, 6.45) is 0.782. The highest BCUT2D eigenvalue weighted by Gasteiger charge is 2.36. The van der Waals surface area contributed by atoms with Crippen molar-refractivity contribution in [3.8, 4) is 5.75 Å². The molecule has 184 valence electrons. The second-order valence-corrected chi connectivity index (χ2v) is 8.95. The number of carbonyl (C=O) groups excluding carboxylic acids is 1. The molecule has 0 radical (unpaired) electrons. The Morgan fingerprint density at radius 2 is 1.60 bits per heavy atom. The lowest BCUT2D eigenvalue weighted by molar-refractivity contribution is -0.125. The molecule has 1 fully saturated rings. The van der Waals surface area contributed by atoms with Crippen LogP contribution < -0.4 is 15.4 Å². The Hall–Kier alpha value is -3.19. The maximum atomic E-state index is 12.9. The van der Waals surface area contributed by atoms with E-state index in [2.05, 4.69) is 51.9 Å². The van der Waals surface area contributed by atoms with Crippen molar-refractivity contribution >= 4 is 5.91 Å². The van der Waals surface area contributed by atoms with Crippen molar-refractivity contribution in [1.29, 1.82) is 0 Å². The second-order valence-electron chi connectivity index (χ2n) is 8.95. The highest BCUT2D eigenvalue weighted by atomic mass is 16.5. The smallest absolute Gasteiger partial charge is 0.237 e. The molecule has 35 heavy (non-hydrogen) atoms. The van der Waals surface area contributed by atoms with Gasteiger partial charge >= 0.3 is 0 Å². The summed E-state index contributed by atoms with van der Waals surface area (Å²) >= 11 is 0. The van der Waals surface area contributed by atoms with Crippen LogP contribution >= 0.6 is 0 Å². The number of likely N-dealkylation sites (tertiary alicyclic amines) is 1. The summed E-state index contributed by atoms with van der Waals surface area (Å²) in [6.45, 7) is 3.95. The molecule has 3 aromatic carbocycles. The molecule has 1 saturated heterocycles. The number of nitrogens with zero attached hydrogens (tertiary/aromatic N) is 1. The maximum absolute atomic E-state index is 12.9. The van der Waals surface area contributed by atoms with Crippen LogP contribution in [0, 0.1) is 0 Å². The Bertz CT molecular complexity index is 1030. The summed E-state index contributed by atoms with van der Waals surface area (Å²) < 4.78 is 11.0. The van der Waals surface area contributed by atoms with Gasteiger partial charge in [-0.25, -0.2) is 0 Å². The number of ether oxygens (including phenoxy) is 2. The van der Waals surface area contributed by atoms with E-state index in [0.717, 1.165) is 37.4 Å². The number of benzene rings is 3. The predicted octanol–water partition coefficient (Wildman–Crippen LogP) is 3.76. The van der Waals surface area contributed by atoms with Gasteiger partial charge in [0.15, 0.2) is 0 Å². The Morgan fingerprint density at radius 1 is 0.914 bits per heavy atom. The number of hydrogen-bond acceptors (Lipinski definition) is 5. The lowest BCUT2D eigenvalue weighted by Crippen LogP contribution is -2.43. The van der Waals surface area contributed by atoms with E-state index in [4.69, 9.17) is 9.47 Å². The first kappa shape index (κ1) is 24.9. The second kappa shape index (κ2) is 13.0. The van der Waals surface area contributed by atoms with Gasteiger partial charge < -0.3 is 20.1 Å². The fourth-order valence-electron chi connectivity index (χ4n) is 4.42. The molecule has 0 aliphatic carbocycles. The molecule has 6 heteroatoms. The minimum absolute atomic E-state index is 0.0715. The van der Waals surface area contributed by atoms with E-state index >= 15 is 0 Å². The summed E-state index contributed by atoms with van der Waals surface area (Å²) in [7, 11) is 1.64. The van der Waals surface area contributed by atoms with Crippen molar-refractivity contribution < 1.29 is 14.3 Å². The lowest BCUT2D eigenvalue weighted by atomic mass is 10.1. The summed E-state index contributed by atoms with van der Waals surface area (Å²) in [6, 6.07) is 28.8. The van der Waals surface area contributed by atoms with Crippen LogP contribution in [0.1, 0.15) is 23.1 Å². The van der Waals surface area contributed by atoms with Crippen LogP contribution in [0.5, 0.6) is 5.75 Å². The molecular formula is C29H35N3O3. The Balaban J connectivity index is 1.30. The zero-order valence-electron chi connectivity index (χ0n) is 20.4. The molecule has 0 saturated carbocycles. The number of hydrogen-bond donors (Lipinski definition) is 2. The van der Waals surface area contributed by atoms with E-state index < -0.39 is 0 Å². The molecule has 6 nitrogen and oxygen atoms in total. The molecule has 3 aromatic rings. The molecule has 1 amide bonds. The van der Waals surface area contributed by atoms with Gasteiger partial charge in [0.1, 0.15) is 12.4 Å². The fraction of sp³-hybridized carbons (Fsp3) is 0.345. The van der Waals surface area contributed by atoms with Gasteiger partial charge in [0.05, 0.1) is 12.6 Å². The van der Waals surface area contributed by atoms with E-state index in [1.54, 1.807) is 7.11 Å². The molecular weight excluding hydrogens is 438 g/mol. The number of nitrogens with one attached hydrogen (secondary N) is 2. The topological polar surface area (TPSA) is 62.8 Å². The third-order valence-corrected chi connectivity index (χ3v) is 6.31. The zero-order valence-corrected chi connectivity index (χ0v) is 20.4. The summed E-state index contributed by atoms with van der Waals surface area (Å²) in [5.74, 6) is 0.933. The van der Waals surface area contributed by atoms with E-state index in [1.807, 2.05) is 48.5 Å². The van der Waals surface area contributed by atoms with Crippen molar-refractivity contribution in [2.24, 2.45) is 0 Å². The molecule has 2 atom stereocenters. The van der Waals surface area contributed by atoms with Crippen LogP contribution in [-0.2, 0) is 29.2 Å². The van der Waals surface area contributed by atoms with Gasteiger partial charge in [0.25, 0.3) is 0 Å². The molecule has 0 spiro atoms. The average molecular weight is 474 g/mol. The molecule has 2 N–H and O–H groups in total. The van der Waals surface area contributed by atoms with Crippen LogP contribution in [-0.4, -0.2) is 49.7 Å². The molecule has 1 aliphatic heterocycles. The number of rotatable bonds is 12. The number of carbonyl (C=O) groups is 1. The highest BCUT2D eigenvalue weighted by molar-refractivity contribution is 5.82. The van der Waals surface area contributed by atoms with E-state index in [9.17, 15) is 4.79 Å². The number of methoxy groups -OCH3 is 1. The van der Waals surface area contributed by atoms with Gasteiger partial charge in [-0.1, -0.05) is 72.8 Å². The third kappa shape index (κ3) is 7.65. The van der Waals surface area contributed by atoms with Crippen LogP contribution in [0.25, 0.3) is 0 Å². The van der Waals surface area contributed by atoms with Gasteiger partial charge in [0, 0.05) is 39.3 Å². The normalized spacial score (nSPS) is 17.9. The highest BCUT2D eigenvalue weighted by Crippen LogP contribution is 2.22. The van der Waals surface area contributed by atoms with Crippen molar-refractivity contribution in [3.05, 3.63) is 102 Å². The van der Waals surface area contributed by atoms with Crippen molar-refractivity contribution in [2.45, 2.75) is 38.2 Å². The van der Waals surface area contributed by atoms with Crippen LogP contribution in [0.4, 0.5) is 0 Å². The molecule has 1 heterocycles. The minimum Gasteiger partial charge on any atom is -0.489 e. The fourth-order valence-corrected chi connectivity index (χ4v) is 4.42.